The lowest BCUT2D eigenvalue weighted by Crippen LogP contribution is -2.12. The standard InChI is InChI=1S/C12H17F2NO/c1-8(2)7-11(15)9-3-5-10(6-4-9)16-12(13)14/h3-6,8,11-12H,7,15H2,1-2H3/t11-/m0/s1. The minimum Gasteiger partial charge on any atom is -0.435 e. The molecule has 0 aliphatic carbocycles. The second-order valence-corrected chi connectivity index (χ2v) is 4.18. The van der Waals surface area contributed by atoms with Crippen LogP contribution in [-0.4, -0.2) is 6.61 Å². The number of alkyl halides is 2. The average molecular weight is 229 g/mol. The number of benzene rings is 1. The SMILES string of the molecule is CC(C)C[C@H](N)c1ccc(OC(F)F)cc1. The van der Waals surface area contributed by atoms with Gasteiger partial charge in [-0.15, -0.1) is 0 Å². The molecule has 0 amide bonds. The minimum absolute atomic E-state index is 0.0550. The molecule has 0 saturated carbocycles. The molecule has 0 aliphatic heterocycles. The fourth-order valence-corrected chi connectivity index (χ4v) is 1.54. The molecule has 90 valence electrons. The Bertz CT molecular complexity index is 311. The smallest absolute Gasteiger partial charge is 0.387 e. The van der Waals surface area contributed by atoms with E-state index in [1.165, 1.54) is 12.1 Å². The highest BCUT2D eigenvalue weighted by Gasteiger charge is 2.09. The first kappa shape index (κ1) is 12.9. The van der Waals surface area contributed by atoms with E-state index in [0.717, 1.165) is 12.0 Å². The fraction of sp³-hybridized carbons (Fsp3) is 0.500. The zero-order valence-corrected chi connectivity index (χ0v) is 9.49. The molecule has 0 bridgehead atoms. The van der Waals surface area contributed by atoms with Crippen molar-refractivity contribution in [1.29, 1.82) is 0 Å². The second-order valence-electron chi connectivity index (χ2n) is 4.18. The van der Waals surface area contributed by atoms with Crippen LogP contribution in [0.4, 0.5) is 8.78 Å². The zero-order chi connectivity index (χ0) is 12.1. The van der Waals surface area contributed by atoms with Crippen LogP contribution >= 0.6 is 0 Å². The number of nitrogens with two attached hydrogens (primary N) is 1. The Balaban J connectivity index is 2.63. The Morgan fingerprint density at radius 1 is 1.19 bits per heavy atom. The highest BCUT2D eigenvalue weighted by Crippen LogP contribution is 2.22. The molecule has 1 aromatic carbocycles. The molecule has 0 saturated heterocycles. The van der Waals surface area contributed by atoms with E-state index in [1.807, 2.05) is 0 Å². The molecule has 0 aliphatic rings. The van der Waals surface area contributed by atoms with Gasteiger partial charge >= 0.3 is 6.61 Å². The molecule has 1 atom stereocenters. The summed E-state index contributed by atoms with van der Waals surface area (Å²) >= 11 is 0. The Hall–Kier alpha value is -1.16. The molecular formula is C12H17F2NO. The van der Waals surface area contributed by atoms with Crippen molar-refractivity contribution in [1.82, 2.24) is 0 Å². The third-order valence-corrected chi connectivity index (χ3v) is 2.26. The van der Waals surface area contributed by atoms with Crippen LogP contribution in [0.15, 0.2) is 24.3 Å². The van der Waals surface area contributed by atoms with Gasteiger partial charge in [0.1, 0.15) is 5.75 Å². The maximum atomic E-state index is 11.9. The number of hydrogen-bond donors (Lipinski definition) is 1. The fourth-order valence-electron chi connectivity index (χ4n) is 1.54. The molecule has 0 spiro atoms. The van der Waals surface area contributed by atoms with Crippen LogP contribution in [0.1, 0.15) is 31.9 Å². The van der Waals surface area contributed by atoms with Gasteiger partial charge in [-0.3, -0.25) is 0 Å². The molecule has 4 heteroatoms. The van der Waals surface area contributed by atoms with Gasteiger partial charge in [-0.25, -0.2) is 0 Å². The van der Waals surface area contributed by atoms with Crippen LogP contribution in [0.5, 0.6) is 5.75 Å². The summed E-state index contributed by atoms with van der Waals surface area (Å²) in [5, 5.41) is 0. The van der Waals surface area contributed by atoms with Crippen LogP contribution < -0.4 is 10.5 Å². The van der Waals surface area contributed by atoms with E-state index < -0.39 is 6.61 Å². The first-order chi connectivity index (χ1) is 7.49. The Kier molecular flexibility index (Phi) is 4.68. The van der Waals surface area contributed by atoms with Gasteiger partial charge in [0.05, 0.1) is 0 Å². The maximum Gasteiger partial charge on any atom is 0.387 e. The van der Waals surface area contributed by atoms with Crippen LogP contribution in [0.25, 0.3) is 0 Å². The Morgan fingerprint density at radius 3 is 2.19 bits per heavy atom. The van der Waals surface area contributed by atoms with Gasteiger partial charge in [0.15, 0.2) is 0 Å². The van der Waals surface area contributed by atoms with Gasteiger partial charge < -0.3 is 10.5 Å². The van der Waals surface area contributed by atoms with Gasteiger partial charge in [0, 0.05) is 6.04 Å². The summed E-state index contributed by atoms with van der Waals surface area (Å²) < 4.78 is 28.1. The third kappa shape index (κ3) is 4.14. The summed E-state index contributed by atoms with van der Waals surface area (Å²) in [5.74, 6) is 0.669. The summed E-state index contributed by atoms with van der Waals surface area (Å²) in [7, 11) is 0. The molecule has 2 nitrogen and oxygen atoms in total. The van der Waals surface area contributed by atoms with Crippen molar-refractivity contribution in [3.8, 4) is 5.75 Å². The molecule has 0 unspecified atom stereocenters. The summed E-state index contributed by atoms with van der Waals surface area (Å²) in [4.78, 5) is 0. The Labute approximate surface area is 94.4 Å². The van der Waals surface area contributed by atoms with E-state index in [0.29, 0.717) is 5.92 Å². The minimum atomic E-state index is -2.78. The first-order valence-corrected chi connectivity index (χ1v) is 5.29. The van der Waals surface area contributed by atoms with Crippen molar-refractivity contribution < 1.29 is 13.5 Å². The van der Waals surface area contributed by atoms with Crippen molar-refractivity contribution in [3.05, 3.63) is 29.8 Å². The molecule has 16 heavy (non-hydrogen) atoms. The molecule has 2 N–H and O–H groups in total. The van der Waals surface area contributed by atoms with Crippen molar-refractivity contribution >= 4 is 0 Å². The van der Waals surface area contributed by atoms with E-state index in [1.54, 1.807) is 12.1 Å². The molecule has 1 aromatic rings. The van der Waals surface area contributed by atoms with Crippen molar-refractivity contribution in [2.24, 2.45) is 11.7 Å². The lowest BCUT2D eigenvalue weighted by Gasteiger charge is -2.14. The van der Waals surface area contributed by atoms with Crippen LogP contribution in [0.3, 0.4) is 0 Å². The summed E-state index contributed by atoms with van der Waals surface area (Å²) in [5.41, 5.74) is 6.90. The predicted molar refractivity (Wildman–Crippen MR) is 59.5 cm³/mol. The molecule has 1 rings (SSSR count). The van der Waals surface area contributed by atoms with E-state index in [9.17, 15) is 8.78 Å². The van der Waals surface area contributed by atoms with E-state index in [2.05, 4.69) is 18.6 Å². The summed E-state index contributed by atoms with van der Waals surface area (Å²) in [6.07, 6.45) is 0.870. The molecular weight excluding hydrogens is 212 g/mol. The number of hydrogen-bond acceptors (Lipinski definition) is 2. The van der Waals surface area contributed by atoms with Crippen molar-refractivity contribution in [3.63, 3.8) is 0 Å². The van der Waals surface area contributed by atoms with Gasteiger partial charge in [-0.2, -0.15) is 8.78 Å². The highest BCUT2D eigenvalue weighted by molar-refractivity contribution is 5.29. The quantitative estimate of drug-likeness (QED) is 0.840. The summed E-state index contributed by atoms with van der Waals surface area (Å²) in [6, 6.07) is 6.43. The Morgan fingerprint density at radius 2 is 1.75 bits per heavy atom. The maximum absolute atomic E-state index is 11.9. The van der Waals surface area contributed by atoms with Gasteiger partial charge in [-0.1, -0.05) is 26.0 Å². The third-order valence-electron chi connectivity index (χ3n) is 2.26. The number of rotatable bonds is 5. The van der Waals surface area contributed by atoms with Crippen LogP contribution in [0, 0.1) is 5.92 Å². The first-order valence-electron chi connectivity index (χ1n) is 5.29. The van der Waals surface area contributed by atoms with E-state index in [-0.39, 0.29) is 11.8 Å². The second kappa shape index (κ2) is 5.80. The normalized spacial score (nSPS) is 13.2. The van der Waals surface area contributed by atoms with Crippen LogP contribution in [-0.2, 0) is 0 Å². The number of halogens is 2. The largest absolute Gasteiger partial charge is 0.435 e. The molecule has 0 aromatic heterocycles. The van der Waals surface area contributed by atoms with Gasteiger partial charge in [-0.05, 0) is 30.0 Å². The van der Waals surface area contributed by atoms with Crippen molar-refractivity contribution in [2.45, 2.75) is 32.9 Å². The van der Waals surface area contributed by atoms with Gasteiger partial charge in [0.25, 0.3) is 0 Å². The number of ether oxygens (including phenoxy) is 1. The molecule has 0 radical (unpaired) electrons. The van der Waals surface area contributed by atoms with Crippen molar-refractivity contribution in [2.75, 3.05) is 0 Å². The van der Waals surface area contributed by atoms with Gasteiger partial charge in [0.2, 0.25) is 0 Å². The lowest BCUT2D eigenvalue weighted by molar-refractivity contribution is -0.0498. The highest BCUT2D eigenvalue weighted by atomic mass is 19.3. The molecule has 0 heterocycles. The predicted octanol–water partition coefficient (Wildman–Crippen LogP) is 3.33. The van der Waals surface area contributed by atoms with Crippen LogP contribution in [0.2, 0.25) is 0 Å². The average Bonchev–Trinajstić information content (AvgIpc) is 2.16. The molecule has 0 fully saturated rings. The zero-order valence-electron chi connectivity index (χ0n) is 9.49. The van der Waals surface area contributed by atoms with E-state index >= 15 is 0 Å². The topological polar surface area (TPSA) is 35.2 Å². The monoisotopic (exact) mass is 229 g/mol. The lowest BCUT2D eigenvalue weighted by atomic mass is 9.98. The van der Waals surface area contributed by atoms with E-state index in [4.69, 9.17) is 5.73 Å². The summed E-state index contributed by atoms with van der Waals surface area (Å²) in [6.45, 7) is 1.40.